The van der Waals surface area contributed by atoms with E-state index in [0.29, 0.717) is 11.9 Å². The summed E-state index contributed by atoms with van der Waals surface area (Å²) in [7, 11) is 0. The molecule has 6 nitrogen and oxygen atoms in total. The number of nitrogens with zero attached hydrogens (tertiary/aromatic N) is 3. The molecule has 2 aromatic rings. The van der Waals surface area contributed by atoms with Gasteiger partial charge in [-0.2, -0.15) is 0 Å². The highest BCUT2D eigenvalue weighted by atomic mass is 16.4. The Morgan fingerprint density at radius 3 is 2.70 bits per heavy atom. The molecular weight excluding hydrogens is 292 g/mol. The smallest absolute Gasteiger partial charge is 0.315 e. The summed E-state index contributed by atoms with van der Waals surface area (Å²) in [6.45, 7) is 3.56. The number of nitrogens with one attached hydrogen (secondary N) is 1. The van der Waals surface area contributed by atoms with Crippen molar-refractivity contribution < 1.29 is 9.21 Å². The molecule has 0 spiro atoms. The van der Waals surface area contributed by atoms with Gasteiger partial charge in [0.25, 0.3) is 5.91 Å². The van der Waals surface area contributed by atoms with Crippen molar-refractivity contribution in [3.63, 3.8) is 0 Å². The Bertz CT molecular complexity index is 633. The van der Waals surface area contributed by atoms with Gasteiger partial charge >= 0.3 is 6.01 Å². The lowest BCUT2D eigenvalue weighted by Gasteiger charge is -2.32. The summed E-state index contributed by atoms with van der Waals surface area (Å²) >= 11 is 0. The van der Waals surface area contributed by atoms with Gasteiger partial charge < -0.3 is 14.6 Å². The van der Waals surface area contributed by atoms with Gasteiger partial charge in [0.05, 0.1) is 0 Å². The molecule has 3 rings (SSSR count). The SMILES string of the molecule is CCCc1nnc(NC2CCN(C(=O)c3ccccc3)CC2)o1. The van der Waals surface area contributed by atoms with Crippen LogP contribution in [-0.2, 0) is 6.42 Å². The van der Waals surface area contributed by atoms with Gasteiger partial charge in [-0.15, -0.1) is 5.10 Å². The lowest BCUT2D eigenvalue weighted by Crippen LogP contribution is -2.42. The van der Waals surface area contributed by atoms with Crippen molar-refractivity contribution in [2.75, 3.05) is 18.4 Å². The maximum absolute atomic E-state index is 12.4. The van der Waals surface area contributed by atoms with Gasteiger partial charge in [-0.05, 0) is 31.4 Å². The molecule has 1 N–H and O–H groups in total. The predicted octanol–water partition coefficient (Wildman–Crippen LogP) is 2.74. The fourth-order valence-electron chi connectivity index (χ4n) is 2.79. The molecule has 0 aliphatic carbocycles. The first kappa shape index (κ1) is 15.5. The average Bonchev–Trinajstić information content (AvgIpc) is 3.03. The monoisotopic (exact) mass is 314 g/mol. The number of benzene rings is 1. The summed E-state index contributed by atoms with van der Waals surface area (Å²) in [6, 6.07) is 10.2. The highest BCUT2D eigenvalue weighted by molar-refractivity contribution is 5.94. The maximum Gasteiger partial charge on any atom is 0.315 e. The van der Waals surface area contributed by atoms with Crippen LogP contribution >= 0.6 is 0 Å². The molecule has 2 heterocycles. The fraction of sp³-hybridized carbons (Fsp3) is 0.471. The molecule has 0 saturated carbocycles. The van der Waals surface area contributed by atoms with Crippen molar-refractivity contribution in [2.24, 2.45) is 0 Å². The van der Waals surface area contributed by atoms with E-state index in [0.717, 1.165) is 44.3 Å². The van der Waals surface area contributed by atoms with Crippen molar-refractivity contribution in [3.05, 3.63) is 41.8 Å². The number of carbonyl (C=O) groups is 1. The zero-order chi connectivity index (χ0) is 16.1. The number of carbonyl (C=O) groups excluding carboxylic acids is 1. The minimum atomic E-state index is 0.104. The van der Waals surface area contributed by atoms with Crippen LogP contribution < -0.4 is 5.32 Å². The molecule has 23 heavy (non-hydrogen) atoms. The summed E-state index contributed by atoms with van der Waals surface area (Å²) in [5.74, 6) is 0.777. The summed E-state index contributed by atoms with van der Waals surface area (Å²) < 4.78 is 5.56. The van der Waals surface area contributed by atoms with Crippen LogP contribution in [-0.4, -0.2) is 40.1 Å². The van der Waals surface area contributed by atoms with Crippen molar-refractivity contribution in [1.82, 2.24) is 15.1 Å². The van der Waals surface area contributed by atoms with Crippen LogP contribution in [0, 0.1) is 0 Å². The first-order chi connectivity index (χ1) is 11.3. The lowest BCUT2D eigenvalue weighted by molar-refractivity contribution is 0.0718. The van der Waals surface area contributed by atoms with Gasteiger partial charge in [-0.25, -0.2) is 0 Å². The molecule has 1 aromatic carbocycles. The van der Waals surface area contributed by atoms with Crippen LogP contribution in [0.3, 0.4) is 0 Å². The molecule has 1 aromatic heterocycles. The van der Waals surface area contributed by atoms with Gasteiger partial charge in [-0.3, -0.25) is 4.79 Å². The van der Waals surface area contributed by atoms with Gasteiger partial charge in [-0.1, -0.05) is 30.2 Å². The van der Waals surface area contributed by atoms with Crippen molar-refractivity contribution in [2.45, 2.75) is 38.6 Å². The summed E-state index contributed by atoms with van der Waals surface area (Å²) in [6.07, 6.45) is 3.55. The molecule has 1 saturated heterocycles. The third-order valence-electron chi connectivity index (χ3n) is 4.06. The van der Waals surface area contributed by atoms with E-state index in [-0.39, 0.29) is 11.9 Å². The predicted molar refractivity (Wildman–Crippen MR) is 87.3 cm³/mol. The highest BCUT2D eigenvalue weighted by Crippen LogP contribution is 2.18. The Hall–Kier alpha value is -2.37. The summed E-state index contributed by atoms with van der Waals surface area (Å²) in [5.41, 5.74) is 0.750. The second-order valence-corrected chi connectivity index (χ2v) is 5.83. The Kier molecular flexibility index (Phi) is 4.90. The fourth-order valence-corrected chi connectivity index (χ4v) is 2.79. The molecule has 6 heteroatoms. The lowest BCUT2D eigenvalue weighted by atomic mass is 10.0. The third-order valence-corrected chi connectivity index (χ3v) is 4.06. The Balaban J connectivity index is 1.51. The highest BCUT2D eigenvalue weighted by Gasteiger charge is 2.24. The zero-order valence-corrected chi connectivity index (χ0v) is 13.4. The maximum atomic E-state index is 12.4. The number of rotatable bonds is 5. The number of aryl methyl sites for hydroxylation is 1. The number of aromatic nitrogens is 2. The normalized spacial score (nSPS) is 15.6. The summed E-state index contributed by atoms with van der Waals surface area (Å²) in [5, 5.41) is 11.3. The van der Waals surface area contributed by atoms with E-state index in [2.05, 4.69) is 22.4 Å². The molecule has 1 fully saturated rings. The van der Waals surface area contributed by atoms with E-state index < -0.39 is 0 Å². The van der Waals surface area contributed by atoms with E-state index >= 15 is 0 Å². The Morgan fingerprint density at radius 1 is 1.26 bits per heavy atom. The van der Waals surface area contributed by atoms with E-state index in [1.54, 1.807) is 0 Å². The van der Waals surface area contributed by atoms with Gasteiger partial charge in [0.1, 0.15) is 0 Å². The van der Waals surface area contributed by atoms with Crippen LogP contribution in [0.1, 0.15) is 42.4 Å². The van der Waals surface area contributed by atoms with Crippen LogP contribution in [0.5, 0.6) is 0 Å². The van der Waals surface area contributed by atoms with Gasteiger partial charge in [0.15, 0.2) is 0 Å². The molecule has 0 bridgehead atoms. The van der Waals surface area contributed by atoms with Gasteiger partial charge in [0, 0.05) is 31.1 Å². The molecule has 0 unspecified atom stereocenters. The zero-order valence-electron chi connectivity index (χ0n) is 13.4. The quantitative estimate of drug-likeness (QED) is 0.919. The van der Waals surface area contributed by atoms with E-state index in [1.165, 1.54) is 0 Å². The first-order valence-corrected chi connectivity index (χ1v) is 8.19. The number of hydrogen-bond acceptors (Lipinski definition) is 5. The summed E-state index contributed by atoms with van der Waals surface area (Å²) in [4.78, 5) is 14.3. The first-order valence-electron chi connectivity index (χ1n) is 8.19. The average molecular weight is 314 g/mol. The topological polar surface area (TPSA) is 71.3 Å². The number of hydrogen-bond donors (Lipinski definition) is 1. The standard InChI is InChI=1S/C17H22N4O2/c1-2-6-15-19-20-17(23-15)18-14-9-11-21(12-10-14)16(22)13-7-4-3-5-8-13/h3-5,7-8,14H,2,6,9-12H2,1H3,(H,18,20). The largest absolute Gasteiger partial charge is 0.408 e. The number of piperidine rings is 1. The minimum absolute atomic E-state index is 0.104. The van der Waals surface area contributed by atoms with Gasteiger partial charge in [0.2, 0.25) is 5.89 Å². The third kappa shape index (κ3) is 3.88. The van der Waals surface area contributed by atoms with Crippen molar-refractivity contribution in [3.8, 4) is 0 Å². The molecule has 0 atom stereocenters. The number of amides is 1. The second-order valence-electron chi connectivity index (χ2n) is 5.83. The van der Waals surface area contributed by atoms with Crippen LogP contribution in [0.25, 0.3) is 0 Å². The van der Waals surface area contributed by atoms with E-state index in [4.69, 9.17) is 4.42 Å². The number of likely N-dealkylation sites (tertiary alicyclic amines) is 1. The molecule has 1 aliphatic rings. The number of anilines is 1. The van der Waals surface area contributed by atoms with Crippen molar-refractivity contribution in [1.29, 1.82) is 0 Å². The van der Waals surface area contributed by atoms with Crippen LogP contribution in [0.2, 0.25) is 0 Å². The second kappa shape index (κ2) is 7.26. The minimum Gasteiger partial charge on any atom is -0.408 e. The molecule has 122 valence electrons. The molecule has 1 amide bonds. The molecular formula is C17H22N4O2. The van der Waals surface area contributed by atoms with Crippen LogP contribution in [0.15, 0.2) is 34.7 Å². The van der Waals surface area contributed by atoms with Crippen LogP contribution in [0.4, 0.5) is 6.01 Å². The van der Waals surface area contributed by atoms with E-state index in [1.807, 2.05) is 35.2 Å². The molecule has 0 radical (unpaired) electrons. The Morgan fingerprint density at radius 2 is 2.00 bits per heavy atom. The van der Waals surface area contributed by atoms with Crippen molar-refractivity contribution >= 4 is 11.9 Å². The Labute approximate surface area is 135 Å². The molecule has 1 aliphatic heterocycles. The van der Waals surface area contributed by atoms with E-state index in [9.17, 15) is 4.79 Å².